The van der Waals surface area contributed by atoms with Gasteiger partial charge in [-0.15, -0.1) is 0 Å². The summed E-state index contributed by atoms with van der Waals surface area (Å²) in [6, 6.07) is 6.26. The molecule has 7 heteroatoms. The Bertz CT molecular complexity index is 520. The van der Waals surface area contributed by atoms with E-state index in [4.69, 9.17) is 0 Å². The Morgan fingerprint density at radius 1 is 1.22 bits per heavy atom. The number of anilines is 1. The number of nitrogens with one attached hydrogen (secondary N) is 1. The van der Waals surface area contributed by atoms with Crippen molar-refractivity contribution in [3.8, 4) is 10.4 Å². The summed E-state index contributed by atoms with van der Waals surface area (Å²) in [4.78, 5) is 5.22. The Morgan fingerprint density at radius 2 is 1.89 bits per heavy atom. The maximum absolute atomic E-state index is 12.2. The molecule has 2 aromatic rings. The van der Waals surface area contributed by atoms with Gasteiger partial charge in [-0.1, -0.05) is 23.5 Å². The van der Waals surface area contributed by atoms with E-state index in [-0.39, 0.29) is 16.7 Å². The Morgan fingerprint density at radius 3 is 2.39 bits per heavy atom. The first kappa shape index (κ1) is 13.2. The summed E-state index contributed by atoms with van der Waals surface area (Å²) in [6.45, 7) is 0. The third-order valence-corrected chi connectivity index (χ3v) is 3.90. The number of benzene rings is 1. The summed E-state index contributed by atoms with van der Waals surface area (Å²) in [6.07, 6.45) is 1.70. The second kappa shape index (κ2) is 5.19. The van der Waals surface area contributed by atoms with Crippen molar-refractivity contribution in [1.82, 2.24) is 4.98 Å². The molecule has 2 rings (SSSR count). The van der Waals surface area contributed by atoms with Crippen molar-refractivity contribution < 1.29 is 13.2 Å². The molecule has 0 radical (unpaired) electrons. The van der Waals surface area contributed by atoms with E-state index < -0.39 is 5.51 Å². The standard InChI is InChI=1S/C11H9F3N2S2/c1-15-10-16-6-9(17-10)7-2-4-8(5-3-7)18-11(12,13)14/h2-6H,1H3,(H,15,16). The Balaban J connectivity index is 2.17. The van der Waals surface area contributed by atoms with Crippen molar-refractivity contribution in [2.75, 3.05) is 12.4 Å². The van der Waals surface area contributed by atoms with Crippen molar-refractivity contribution in [3.05, 3.63) is 30.5 Å². The lowest BCUT2D eigenvalue weighted by atomic mass is 10.2. The van der Waals surface area contributed by atoms with Crippen LogP contribution in [0.2, 0.25) is 0 Å². The average molecular weight is 290 g/mol. The summed E-state index contributed by atoms with van der Waals surface area (Å²) in [5.74, 6) is 0. The Labute approximate surface area is 110 Å². The van der Waals surface area contributed by atoms with Gasteiger partial charge in [-0.05, 0) is 29.5 Å². The Kier molecular flexibility index (Phi) is 3.82. The highest BCUT2D eigenvalue weighted by Gasteiger charge is 2.29. The van der Waals surface area contributed by atoms with Crippen LogP contribution in [0.3, 0.4) is 0 Å². The fourth-order valence-electron chi connectivity index (χ4n) is 1.34. The van der Waals surface area contributed by atoms with E-state index in [9.17, 15) is 13.2 Å². The van der Waals surface area contributed by atoms with Gasteiger partial charge in [0.25, 0.3) is 0 Å². The third kappa shape index (κ3) is 3.39. The van der Waals surface area contributed by atoms with Gasteiger partial charge in [0.15, 0.2) is 5.13 Å². The number of thiazole rings is 1. The minimum Gasteiger partial charge on any atom is -0.365 e. The lowest BCUT2D eigenvalue weighted by Gasteiger charge is -2.05. The van der Waals surface area contributed by atoms with Crippen LogP contribution in [0, 0.1) is 0 Å². The van der Waals surface area contributed by atoms with Crippen LogP contribution in [0.1, 0.15) is 0 Å². The molecule has 0 saturated carbocycles. The van der Waals surface area contributed by atoms with Crippen LogP contribution in [-0.2, 0) is 0 Å². The molecule has 1 aromatic carbocycles. The highest BCUT2D eigenvalue weighted by Crippen LogP contribution is 2.38. The molecule has 0 bridgehead atoms. The summed E-state index contributed by atoms with van der Waals surface area (Å²) in [7, 11) is 1.77. The van der Waals surface area contributed by atoms with Crippen LogP contribution >= 0.6 is 23.1 Å². The molecule has 0 unspecified atom stereocenters. The molecule has 1 heterocycles. The second-order valence-electron chi connectivity index (χ2n) is 3.35. The molecule has 0 saturated heterocycles. The van der Waals surface area contributed by atoms with Crippen molar-refractivity contribution in [1.29, 1.82) is 0 Å². The zero-order valence-corrected chi connectivity index (χ0v) is 10.9. The van der Waals surface area contributed by atoms with Crippen molar-refractivity contribution in [3.63, 3.8) is 0 Å². The lowest BCUT2D eigenvalue weighted by molar-refractivity contribution is -0.0328. The van der Waals surface area contributed by atoms with Crippen LogP contribution < -0.4 is 5.32 Å². The summed E-state index contributed by atoms with van der Waals surface area (Å²) in [5, 5.41) is 3.69. The Hall–Kier alpha value is -1.21. The first-order valence-corrected chi connectivity index (χ1v) is 6.61. The molecular weight excluding hydrogens is 281 g/mol. The molecule has 0 aliphatic rings. The first-order chi connectivity index (χ1) is 8.48. The fraction of sp³-hybridized carbons (Fsp3) is 0.182. The molecule has 1 N–H and O–H groups in total. The van der Waals surface area contributed by atoms with Crippen LogP contribution in [0.5, 0.6) is 0 Å². The number of hydrogen-bond donors (Lipinski definition) is 1. The molecule has 96 valence electrons. The van der Waals surface area contributed by atoms with Gasteiger partial charge >= 0.3 is 5.51 Å². The molecule has 0 spiro atoms. The molecule has 0 aliphatic heterocycles. The topological polar surface area (TPSA) is 24.9 Å². The third-order valence-electron chi connectivity index (χ3n) is 2.09. The van der Waals surface area contributed by atoms with Gasteiger partial charge in [0.05, 0.1) is 4.88 Å². The van der Waals surface area contributed by atoms with E-state index in [2.05, 4.69) is 10.3 Å². The minimum atomic E-state index is -4.24. The number of alkyl halides is 3. The maximum atomic E-state index is 12.2. The largest absolute Gasteiger partial charge is 0.446 e. The minimum absolute atomic E-state index is 0.110. The number of nitrogens with zero attached hydrogens (tertiary/aromatic N) is 1. The van der Waals surface area contributed by atoms with Crippen molar-refractivity contribution in [2.24, 2.45) is 0 Å². The summed E-state index contributed by atoms with van der Waals surface area (Å²) in [5.41, 5.74) is -3.38. The van der Waals surface area contributed by atoms with E-state index in [0.717, 1.165) is 15.6 Å². The van der Waals surface area contributed by atoms with Crippen LogP contribution in [0.25, 0.3) is 10.4 Å². The van der Waals surface area contributed by atoms with Gasteiger partial charge in [0, 0.05) is 18.1 Å². The predicted octanol–water partition coefficient (Wildman–Crippen LogP) is 4.46. The summed E-state index contributed by atoms with van der Waals surface area (Å²) >= 11 is 1.34. The van der Waals surface area contributed by atoms with E-state index in [1.165, 1.54) is 23.5 Å². The van der Waals surface area contributed by atoms with Gasteiger partial charge in [0.1, 0.15) is 0 Å². The van der Waals surface area contributed by atoms with Crippen LogP contribution in [0.15, 0.2) is 35.4 Å². The van der Waals surface area contributed by atoms with Crippen LogP contribution in [-0.4, -0.2) is 17.5 Å². The van der Waals surface area contributed by atoms with E-state index in [1.807, 2.05) is 0 Å². The SMILES string of the molecule is CNc1ncc(-c2ccc(SC(F)(F)F)cc2)s1. The molecule has 0 amide bonds. The van der Waals surface area contributed by atoms with E-state index in [0.29, 0.717) is 0 Å². The van der Waals surface area contributed by atoms with Gasteiger partial charge < -0.3 is 5.32 Å². The lowest BCUT2D eigenvalue weighted by Crippen LogP contribution is -1.98. The van der Waals surface area contributed by atoms with E-state index in [1.54, 1.807) is 25.4 Å². The van der Waals surface area contributed by atoms with Crippen LogP contribution in [0.4, 0.5) is 18.3 Å². The molecule has 2 nitrogen and oxygen atoms in total. The van der Waals surface area contributed by atoms with Gasteiger partial charge in [0.2, 0.25) is 0 Å². The quantitative estimate of drug-likeness (QED) is 0.845. The normalized spacial score (nSPS) is 11.6. The van der Waals surface area contributed by atoms with Crippen molar-refractivity contribution in [2.45, 2.75) is 10.4 Å². The smallest absolute Gasteiger partial charge is 0.365 e. The molecule has 0 atom stereocenters. The fourth-order valence-corrected chi connectivity index (χ4v) is 2.66. The predicted molar refractivity (Wildman–Crippen MR) is 69.0 cm³/mol. The molecule has 1 aromatic heterocycles. The molecular formula is C11H9F3N2S2. The average Bonchev–Trinajstić information content (AvgIpc) is 2.76. The van der Waals surface area contributed by atoms with Gasteiger partial charge in [-0.2, -0.15) is 13.2 Å². The highest BCUT2D eigenvalue weighted by molar-refractivity contribution is 8.00. The molecule has 18 heavy (non-hydrogen) atoms. The van der Waals surface area contributed by atoms with E-state index >= 15 is 0 Å². The number of halogens is 3. The van der Waals surface area contributed by atoms with Gasteiger partial charge in [-0.3, -0.25) is 0 Å². The number of hydrogen-bond acceptors (Lipinski definition) is 4. The monoisotopic (exact) mass is 290 g/mol. The van der Waals surface area contributed by atoms with Gasteiger partial charge in [-0.25, -0.2) is 4.98 Å². The highest BCUT2D eigenvalue weighted by atomic mass is 32.2. The first-order valence-electron chi connectivity index (χ1n) is 4.98. The van der Waals surface area contributed by atoms with Crippen molar-refractivity contribution >= 4 is 28.2 Å². The molecule has 0 aliphatic carbocycles. The number of rotatable bonds is 3. The summed E-state index contributed by atoms with van der Waals surface area (Å²) < 4.78 is 36.5. The molecule has 0 fully saturated rings. The zero-order chi connectivity index (χ0) is 13.2. The zero-order valence-electron chi connectivity index (χ0n) is 9.28. The number of thioether (sulfide) groups is 1. The maximum Gasteiger partial charge on any atom is 0.446 e. The number of aromatic nitrogens is 1. The second-order valence-corrected chi connectivity index (χ2v) is 5.52.